The zero-order valence-electron chi connectivity index (χ0n) is 11.4. The van der Waals surface area contributed by atoms with E-state index >= 15 is 0 Å². The van der Waals surface area contributed by atoms with Crippen LogP contribution in [0.15, 0.2) is 24.3 Å². The number of hydrogen-bond donors (Lipinski definition) is 2. The molecule has 1 saturated heterocycles. The molecule has 2 rings (SSSR count). The Hall–Kier alpha value is -1.10. The second kappa shape index (κ2) is 7.48. The lowest BCUT2D eigenvalue weighted by Crippen LogP contribution is -2.26. The summed E-state index contributed by atoms with van der Waals surface area (Å²) >= 11 is 0. The van der Waals surface area contributed by atoms with E-state index in [1.807, 2.05) is 12.1 Å². The first kappa shape index (κ1) is 14.3. The molecular formula is C15H24N2O2. The normalized spacial score (nSPS) is 19.8. The van der Waals surface area contributed by atoms with Crippen molar-refractivity contribution in [1.82, 2.24) is 4.90 Å². The van der Waals surface area contributed by atoms with Gasteiger partial charge in [-0.15, -0.1) is 0 Å². The lowest BCUT2D eigenvalue weighted by molar-refractivity contribution is 0.204. The molecule has 0 aromatic heterocycles. The van der Waals surface area contributed by atoms with Crippen molar-refractivity contribution in [1.29, 1.82) is 0 Å². The average molecular weight is 264 g/mol. The molecule has 1 aliphatic heterocycles. The van der Waals surface area contributed by atoms with E-state index in [9.17, 15) is 0 Å². The van der Waals surface area contributed by atoms with Gasteiger partial charge in [-0.1, -0.05) is 12.1 Å². The van der Waals surface area contributed by atoms with Gasteiger partial charge in [0.25, 0.3) is 0 Å². The van der Waals surface area contributed by atoms with Crippen LogP contribution in [0.3, 0.4) is 0 Å². The van der Waals surface area contributed by atoms with Gasteiger partial charge in [0.05, 0.1) is 0 Å². The molecule has 106 valence electrons. The number of ether oxygens (including phenoxy) is 1. The number of aliphatic hydroxyl groups is 1. The smallest absolute Gasteiger partial charge is 0.119 e. The van der Waals surface area contributed by atoms with Gasteiger partial charge in [-0.3, -0.25) is 4.90 Å². The molecule has 1 fully saturated rings. The van der Waals surface area contributed by atoms with Crippen LogP contribution < -0.4 is 10.5 Å². The molecule has 1 aromatic rings. The molecule has 1 heterocycles. The zero-order valence-corrected chi connectivity index (χ0v) is 11.4. The molecule has 1 unspecified atom stereocenters. The molecule has 4 heteroatoms. The molecule has 0 bridgehead atoms. The number of hydrogen-bond acceptors (Lipinski definition) is 4. The van der Waals surface area contributed by atoms with Crippen molar-refractivity contribution in [3.63, 3.8) is 0 Å². The standard InChI is InChI=1S/C15H24N2O2/c16-7-5-13-1-3-15(4-2-13)19-10-9-17-8-6-14(11-17)12-18/h1-4,14,18H,5-12,16H2. The Morgan fingerprint density at radius 2 is 2.11 bits per heavy atom. The van der Waals surface area contributed by atoms with E-state index in [4.69, 9.17) is 15.6 Å². The highest BCUT2D eigenvalue weighted by Crippen LogP contribution is 2.16. The highest BCUT2D eigenvalue weighted by molar-refractivity contribution is 5.27. The van der Waals surface area contributed by atoms with Gasteiger partial charge in [-0.25, -0.2) is 0 Å². The van der Waals surface area contributed by atoms with Gasteiger partial charge in [0.2, 0.25) is 0 Å². The van der Waals surface area contributed by atoms with Crippen LogP contribution in [0.1, 0.15) is 12.0 Å². The van der Waals surface area contributed by atoms with Gasteiger partial charge in [0, 0.05) is 19.7 Å². The quantitative estimate of drug-likeness (QED) is 0.767. The largest absolute Gasteiger partial charge is 0.492 e. The predicted octanol–water partition coefficient (Wildman–Crippen LogP) is 0.881. The van der Waals surface area contributed by atoms with Gasteiger partial charge in [-0.2, -0.15) is 0 Å². The maximum absolute atomic E-state index is 9.09. The van der Waals surface area contributed by atoms with E-state index in [-0.39, 0.29) is 0 Å². The van der Waals surface area contributed by atoms with Crippen LogP contribution >= 0.6 is 0 Å². The molecule has 1 aromatic carbocycles. The van der Waals surface area contributed by atoms with Crippen molar-refractivity contribution in [2.75, 3.05) is 39.4 Å². The average Bonchev–Trinajstić information content (AvgIpc) is 2.89. The number of rotatable bonds is 7. The Morgan fingerprint density at radius 3 is 2.74 bits per heavy atom. The molecule has 4 nitrogen and oxygen atoms in total. The molecule has 0 saturated carbocycles. The van der Waals surface area contributed by atoms with Crippen molar-refractivity contribution in [2.45, 2.75) is 12.8 Å². The van der Waals surface area contributed by atoms with Crippen LogP contribution in [0.4, 0.5) is 0 Å². The highest BCUT2D eigenvalue weighted by atomic mass is 16.5. The minimum absolute atomic E-state index is 0.306. The first-order chi connectivity index (χ1) is 9.31. The molecule has 0 aliphatic carbocycles. The third-order valence-corrected chi connectivity index (χ3v) is 3.66. The lowest BCUT2D eigenvalue weighted by Gasteiger charge is -2.16. The summed E-state index contributed by atoms with van der Waals surface area (Å²) in [5.41, 5.74) is 6.77. The summed E-state index contributed by atoms with van der Waals surface area (Å²) in [7, 11) is 0. The van der Waals surface area contributed by atoms with Crippen molar-refractivity contribution in [2.24, 2.45) is 11.7 Å². The van der Waals surface area contributed by atoms with Crippen LogP contribution in [0.5, 0.6) is 5.75 Å². The highest BCUT2D eigenvalue weighted by Gasteiger charge is 2.20. The summed E-state index contributed by atoms with van der Waals surface area (Å²) in [4.78, 5) is 2.35. The molecule has 1 atom stereocenters. The van der Waals surface area contributed by atoms with E-state index in [0.29, 0.717) is 25.7 Å². The second-order valence-electron chi connectivity index (χ2n) is 5.17. The third-order valence-electron chi connectivity index (χ3n) is 3.66. The van der Waals surface area contributed by atoms with E-state index in [1.165, 1.54) is 5.56 Å². The fraction of sp³-hybridized carbons (Fsp3) is 0.600. The maximum atomic E-state index is 9.09. The van der Waals surface area contributed by atoms with Gasteiger partial charge >= 0.3 is 0 Å². The molecule has 0 amide bonds. The molecule has 3 N–H and O–H groups in total. The second-order valence-corrected chi connectivity index (χ2v) is 5.17. The fourth-order valence-electron chi connectivity index (χ4n) is 2.48. The van der Waals surface area contributed by atoms with Gasteiger partial charge in [-0.05, 0) is 49.5 Å². The van der Waals surface area contributed by atoms with Gasteiger partial charge in [0.1, 0.15) is 12.4 Å². The number of likely N-dealkylation sites (tertiary alicyclic amines) is 1. The summed E-state index contributed by atoms with van der Waals surface area (Å²) < 4.78 is 5.73. The van der Waals surface area contributed by atoms with Crippen LogP contribution in [-0.4, -0.2) is 49.4 Å². The number of nitrogens with zero attached hydrogens (tertiary/aromatic N) is 1. The number of aliphatic hydroxyl groups excluding tert-OH is 1. The SMILES string of the molecule is NCCc1ccc(OCCN2CCC(CO)C2)cc1. The predicted molar refractivity (Wildman–Crippen MR) is 76.3 cm³/mol. The number of benzene rings is 1. The van der Waals surface area contributed by atoms with Crippen LogP contribution in [0, 0.1) is 5.92 Å². The van der Waals surface area contributed by atoms with Crippen molar-refractivity contribution < 1.29 is 9.84 Å². The van der Waals surface area contributed by atoms with Crippen LogP contribution in [0.25, 0.3) is 0 Å². The fourth-order valence-corrected chi connectivity index (χ4v) is 2.48. The third kappa shape index (κ3) is 4.49. The van der Waals surface area contributed by atoms with E-state index in [1.54, 1.807) is 0 Å². The first-order valence-electron chi connectivity index (χ1n) is 7.07. The molecule has 1 aliphatic rings. The minimum atomic E-state index is 0.306. The first-order valence-corrected chi connectivity index (χ1v) is 7.07. The van der Waals surface area contributed by atoms with Gasteiger partial charge in [0.15, 0.2) is 0 Å². The van der Waals surface area contributed by atoms with E-state index in [2.05, 4.69) is 17.0 Å². The minimum Gasteiger partial charge on any atom is -0.492 e. The molecule has 0 radical (unpaired) electrons. The topological polar surface area (TPSA) is 58.7 Å². The van der Waals surface area contributed by atoms with Crippen molar-refractivity contribution >= 4 is 0 Å². The monoisotopic (exact) mass is 264 g/mol. The Labute approximate surface area is 115 Å². The number of nitrogens with two attached hydrogens (primary N) is 1. The molecular weight excluding hydrogens is 240 g/mol. The van der Waals surface area contributed by atoms with Crippen LogP contribution in [0.2, 0.25) is 0 Å². The Bertz CT molecular complexity index is 367. The zero-order chi connectivity index (χ0) is 13.5. The maximum Gasteiger partial charge on any atom is 0.119 e. The lowest BCUT2D eigenvalue weighted by atomic mass is 10.1. The van der Waals surface area contributed by atoms with Crippen molar-refractivity contribution in [3.8, 4) is 5.75 Å². The summed E-state index contributed by atoms with van der Waals surface area (Å²) in [6.45, 7) is 4.69. The summed E-state index contributed by atoms with van der Waals surface area (Å²) in [5, 5.41) is 9.09. The summed E-state index contributed by atoms with van der Waals surface area (Å²) in [6, 6.07) is 8.15. The summed E-state index contributed by atoms with van der Waals surface area (Å²) in [6.07, 6.45) is 2.01. The Balaban J connectivity index is 1.68. The Morgan fingerprint density at radius 1 is 1.32 bits per heavy atom. The van der Waals surface area contributed by atoms with Crippen LogP contribution in [-0.2, 0) is 6.42 Å². The summed E-state index contributed by atoms with van der Waals surface area (Å²) in [5.74, 6) is 1.37. The molecule has 0 spiro atoms. The van der Waals surface area contributed by atoms with E-state index < -0.39 is 0 Å². The Kier molecular flexibility index (Phi) is 5.63. The van der Waals surface area contributed by atoms with Crippen molar-refractivity contribution in [3.05, 3.63) is 29.8 Å². The van der Waals surface area contributed by atoms with Gasteiger partial charge < -0.3 is 15.6 Å². The molecule has 19 heavy (non-hydrogen) atoms. The van der Waals surface area contributed by atoms with E-state index in [0.717, 1.165) is 38.2 Å².